The average molecular weight is 288 g/mol. The third-order valence-corrected chi connectivity index (χ3v) is 4.78. The van der Waals surface area contributed by atoms with Gasteiger partial charge < -0.3 is 0 Å². The monoisotopic (exact) mass is 288 g/mol. The van der Waals surface area contributed by atoms with E-state index in [1.54, 1.807) is 0 Å². The molecule has 0 N–H and O–H groups in total. The molecular formula is C22H13B. The van der Waals surface area contributed by atoms with Crippen molar-refractivity contribution in [3.8, 4) is 0 Å². The lowest BCUT2D eigenvalue weighted by molar-refractivity contribution is 1.79. The van der Waals surface area contributed by atoms with Crippen LogP contribution >= 0.6 is 0 Å². The van der Waals surface area contributed by atoms with Gasteiger partial charge in [0.15, 0.2) is 0 Å². The summed E-state index contributed by atoms with van der Waals surface area (Å²) in [5.41, 5.74) is 0.841. The van der Waals surface area contributed by atoms with E-state index in [4.69, 9.17) is 7.85 Å². The zero-order valence-corrected chi connectivity index (χ0v) is 12.6. The summed E-state index contributed by atoms with van der Waals surface area (Å²) >= 11 is 0. The van der Waals surface area contributed by atoms with Crippen LogP contribution in [0, 0.1) is 0 Å². The Kier molecular flexibility index (Phi) is 2.54. The van der Waals surface area contributed by atoms with Crippen molar-refractivity contribution >= 4 is 56.4 Å². The largest absolute Gasteiger partial charge is 0.114 e. The maximum Gasteiger partial charge on any atom is 0.114 e. The molecule has 5 aromatic rings. The summed E-state index contributed by atoms with van der Waals surface area (Å²) in [5.74, 6) is 0. The first-order valence-corrected chi connectivity index (χ1v) is 7.85. The van der Waals surface area contributed by atoms with Crippen LogP contribution < -0.4 is 5.46 Å². The van der Waals surface area contributed by atoms with Gasteiger partial charge in [-0.2, -0.15) is 0 Å². The lowest BCUT2D eigenvalue weighted by atomic mass is 9.83. The molecule has 0 saturated heterocycles. The van der Waals surface area contributed by atoms with Gasteiger partial charge in [-0.05, 0) is 43.1 Å². The summed E-state index contributed by atoms with van der Waals surface area (Å²) in [7, 11) is 6.36. The maximum absolute atomic E-state index is 6.36. The van der Waals surface area contributed by atoms with Crippen molar-refractivity contribution < 1.29 is 0 Å². The van der Waals surface area contributed by atoms with Gasteiger partial charge in [-0.25, -0.2) is 0 Å². The Bertz CT molecular complexity index is 1220. The van der Waals surface area contributed by atoms with E-state index in [1.807, 2.05) is 6.07 Å². The molecule has 0 aromatic heterocycles. The van der Waals surface area contributed by atoms with E-state index in [9.17, 15) is 0 Å². The third-order valence-electron chi connectivity index (χ3n) is 4.78. The summed E-state index contributed by atoms with van der Waals surface area (Å²) < 4.78 is 0. The van der Waals surface area contributed by atoms with Crippen LogP contribution in [0.15, 0.2) is 78.9 Å². The highest BCUT2D eigenvalue weighted by molar-refractivity contribution is 6.44. The van der Waals surface area contributed by atoms with Crippen molar-refractivity contribution in [2.24, 2.45) is 0 Å². The zero-order chi connectivity index (χ0) is 15.4. The van der Waals surface area contributed by atoms with Gasteiger partial charge in [0, 0.05) is 0 Å². The molecule has 0 aliphatic rings. The molecule has 2 radical (unpaired) electrons. The Morgan fingerprint density at radius 1 is 0.435 bits per heavy atom. The Labute approximate surface area is 135 Å². The van der Waals surface area contributed by atoms with Crippen LogP contribution in [0.3, 0.4) is 0 Å². The molecular weight excluding hydrogens is 275 g/mol. The first kappa shape index (κ1) is 12.7. The predicted octanol–water partition coefficient (Wildman–Crippen LogP) is 5.09. The van der Waals surface area contributed by atoms with Crippen LogP contribution in [0.1, 0.15) is 0 Å². The number of benzene rings is 5. The van der Waals surface area contributed by atoms with Crippen LogP contribution in [0.25, 0.3) is 43.1 Å². The molecule has 0 fully saturated rings. The highest BCUT2D eigenvalue weighted by atomic mass is 14.1. The minimum atomic E-state index is 0.841. The van der Waals surface area contributed by atoms with Crippen LogP contribution in [0.4, 0.5) is 0 Å². The number of fused-ring (bicyclic) bond motifs is 8. The quantitative estimate of drug-likeness (QED) is 0.275. The summed E-state index contributed by atoms with van der Waals surface area (Å²) in [4.78, 5) is 0. The smallest absolute Gasteiger partial charge is 0.0883 e. The molecule has 104 valence electrons. The summed E-state index contributed by atoms with van der Waals surface area (Å²) in [6, 6.07) is 27.8. The third kappa shape index (κ3) is 1.68. The van der Waals surface area contributed by atoms with E-state index in [-0.39, 0.29) is 0 Å². The van der Waals surface area contributed by atoms with E-state index in [2.05, 4.69) is 72.8 Å². The normalized spacial score (nSPS) is 11.7. The molecule has 0 unspecified atom stereocenters. The van der Waals surface area contributed by atoms with Gasteiger partial charge in [-0.15, -0.1) is 0 Å². The SMILES string of the molecule is [B]c1cc2c3ccccc3c3ccccc3c2c2ccccc12. The molecule has 0 saturated carbocycles. The molecule has 5 aromatic carbocycles. The molecule has 0 amide bonds. The summed E-state index contributed by atoms with van der Waals surface area (Å²) in [6.07, 6.45) is 0. The number of rotatable bonds is 0. The van der Waals surface area contributed by atoms with Gasteiger partial charge in [0.1, 0.15) is 7.85 Å². The van der Waals surface area contributed by atoms with Gasteiger partial charge in [-0.3, -0.25) is 0 Å². The van der Waals surface area contributed by atoms with E-state index >= 15 is 0 Å². The zero-order valence-electron chi connectivity index (χ0n) is 12.6. The van der Waals surface area contributed by atoms with Crippen molar-refractivity contribution in [2.75, 3.05) is 0 Å². The molecule has 0 aliphatic heterocycles. The fourth-order valence-corrected chi connectivity index (χ4v) is 3.79. The molecule has 5 rings (SSSR count). The van der Waals surface area contributed by atoms with E-state index in [0.717, 1.165) is 10.8 Å². The second-order valence-electron chi connectivity index (χ2n) is 6.03. The van der Waals surface area contributed by atoms with E-state index in [1.165, 1.54) is 37.7 Å². The maximum atomic E-state index is 6.36. The molecule has 0 nitrogen and oxygen atoms in total. The van der Waals surface area contributed by atoms with Crippen molar-refractivity contribution in [1.82, 2.24) is 0 Å². The molecule has 23 heavy (non-hydrogen) atoms. The molecule has 0 spiro atoms. The Morgan fingerprint density at radius 3 is 1.43 bits per heavy atom. The van der Waals surface area contributed by atoms with Crippen molar-refractivity contribution in [3.05, 3.63) is 78.9 Å². The minimum Gasteiger partial charge on any atom is -0.0883 e. The van der Waals surface area contributed by atoms with E-state index < -0.39 is 0 Å². The van der Waals surface area contributed by atoms with Gasteiger partial charge in [0.25, 0.3) is 0 Å². The van der Waals surface area contributed by atoms with Gasteiger partial charge in [0.05, 0.1) is 0 Å². The Hall–Kier alpha value is -2.80. The topological polar surface area (TPSA) is 0 Å². The Balaban J connectivity index is 2.25. The standard InChI is InChI=1S/C22H13B/c23-21-13-20-16-9-2-1-7-14(16)15-8-3-5-11-18(15)22(20)19-12-6-4-10-17(19)21/h1-13H. The highest BCUT2D eigenvalue weighted by Gasteiger charge is 2.11. The highest BCUT2D eigenvalue weighted by Crippen LogP contribution is 2.37. The molecule has 1 heteroatoms. The minimum absolute atomic E-state index is 0.841. The summed E-state index contributed by atoms with van der Waals surface area (Å²) in [6.45, 7) is 0. The fraction of sp³-hybridized carbons (Fsp3) is 0. The van der Waals surface area contributed by atoms with Crippen molar-refractivity contribution in [2.45, 2.75) is 0 Å². The van der Waals surface area contributed by atoms with Crippen LogP contribution in [0.5, 0.6) is 0 Å². The molecule has 0 atom stereocenters. The van der Waals surface area contributed by atoms with E-state index in [0.29, 0.717) is 0 Å². The van der Waals surface area contributed by atoms with Crippen molar-refractivity contribution in [3.63, 3.8) is 0 Å². The van der Waals surface area contributed by atoms with Crippen LogP contribution in [0.2, 0.25) is 0 Å². The average Bonchev–Trinajstić information content (AvgIpc) is 2.62. The summed E-state index contributed by atoms with van der Waals surface area (Å²) in [5, 5.41) is 10.0. The second-order valence-corrected chi connectivity index (χ2v) is 6.03. The number of hydrogen-bond donors (Lipinski definition) is 0. The predicted molar refractivity (Wildman–Crippen MR) is 102 cm³/mol. The van der Waals surface area contributed by atoms with Gasteiger partial charge in [-0.1, -0.05) is 84.3 Å². The molecule has 0 heterocycles. The van der Waals surface area contributed by atoms with Crippen molar-refractivity contribution in [1.29, 1.82) is 0 Å². The first-order chi connectivity index (χ1) is 11.3. The molecule has 0 bridgehead atoms. The Morgan fingerprint density at radius 2 is 0.826 bits per heavy atom. The fourth-order valence-electron chi connectivity index (χ4n) is 3.79. The van der Waals surface area contributed by atoms with Crippen LogP contribution in [-0.4, -0.2) is 7.85 Å². The van der Waals surface area contributed by atoms with Gasteiger partial charge in [0.2, 0.25) is 0 Å². The number of hydrogen-bond acceptors (Lipinski definition) is 0. The van der Waals surface area contributed by atoms with Crippen LogP contribution in [-0.2, 0) is 0 Å². The second kappa shape index (κ2) is 4.60. The van der Waals surface area contributed by atoms with Gasteiger partial charge >= 0.3 is 0 Å². The lowest BCUT2D eigenvalue weighted by Crippen LogP contribution is -2.04. The first-order valence-electron chi connectivity index (χ1n) is 7.85. The lowest BCUT2D eigenvalue weighted by Gasteiger charge is -2.14. The molecule has 0 aliphatic carbocycles.